The first-order valence-electron chi connectivity index (χ1n) is 6.19. The molecule has 5 heteroatoms. The molecule has 0 spiro atoms. The molecule has 1 rings (SSSR count). The van der Waals surface area contributed by atoms with Crippen LogP contribution in [-0.4, -0.2) is 36.6 Å². The molecular weight excluding hydrogens is 220 g/mol. The molecule has 3 N–H and O–H groups in total. The van der Waals surface area contributed by atoms with E-state index in [-0.39, 0.29) is 24.2 Å². The molecule has 0 aliphatic carbocycles. The molecule has 1 saturated heterocycles. The molecule has 0 aromatic heterocycles. The van der Waals surface area contributed by atoms with Crippen molar-refractivity contribution < 1.29 is 14.7 Å². The van der Waals surface area contributed by atoms with Gasteiger partial charge in [-0.3, -0.25) is 9.59 Å². The topological polar surface area (TPSA) is 78.4 Å². The van der Waals surface area contributed by atoms with Crippen molar-refractivity contribution in [2.24, 2.45) is 17.8 Å². The van der Waals surface area contributed by atoms with Crippen molar-refractivity contribution >= 4 is 11.9 Å². The molecule has 0 saturated carbocycles. The van der Waals surface area contributed by atoms with E-state index in [2.05, 4.69) is 24.5 Å². The second kappa shape index (κ2) is 6.59. The third-order valence-corrected chi connectivity index (χ3v) is 2.99. The first kappa shape index (κ1) is 14.0. The quantitative estimate of drug-likeness (QED) is 0.606. The van der Waals surface area contributed by atoms with Gasteiger partial charge in [-0.15, -0.1) is 0 Å². The Morgan fingerprint density at radius 2 is 2.06 bits per heavy atom. The molecule has 1 amide bonds. The van der Waals surface area contributed by atoms with Crippen LogP contribution in [0.3, 0.4) is 0 Å². The fourth-order valence-electron chi connectivity index (χ4n) is 2.02. The highest BCUT2D eigenvalue weighted by Crippen LogP contribution is 2.15. The highest BCUT2D eigenvalue weighted by molar-refractivity contribution is 5.80. The fraction of sp³-hybridized carbons (Fsp3) is 0.833. The molecule has 1 aliphatic rings. The summed E-state index contributed by atoms with van der Waals surface area (Å²) in [6, 6.07) is 0. The summed E-state index contributed by atoms with van der Waals surface area (Å²) in [6.45, 7) is 6.07. The standard InChI is InChI=1S/C12H22N2O3/c1-8(2)3-9(4-11(15)16)5-14-12(17)10-6-13-7-10/h8-10,13H,3-7H2,1-2H3,(H,14,17)(H,15,16)/t9-/m0/s1. The molecule has 1 heterocycles. The largest absolute Gasteiger partial charge is 0.481 e. The lowest BCUT2D eigenvalue weighted by Gasteiger charge is -2.27. The average Bonchev–Trinajstić information content (AvgIpc) is 2.09. The summed E-state index contributed by atoms with van der Waals surface area (Å²) in [5.41, 5.74) is 0. The van der Waals surface area contributed by atoms with E-state index >= 15 is 0 Å². The lowest BCUT2D eigenvalue weighted by Crippen LogP contribution is -2.51. The van der Waals surface area contributed by atoms with Gasteiger partial charge in [0, 0.05) is 26.1 Å². The number of aliphatic carboxylic acids is 1. The monoisotopic (exact) mass is 242 g/mol. The molecule has 1 atom stereocenters. The van der Waals surface area contributed by atoms with Crippen LogP contribution < -0.4 is 10.6 Å². The van der Waals surface area contributed by atoms with Crippen molar-refractivity contribution in [2.75, 3.05) is 19.6 Å². The molecule has 5 nitrogen and oxygen atoms in total. The maximum atomic E-state index is 11.6. The van der Waals surface area contributed by atoms with Crippen LogP contribution in [0.1, 0.15) is 26.7 Å². The molecular formula is C12H22N2O3. The van der Waals surface area contributed by atoms with E-state index in [1.54, 1.807) is 0 Å². The number of rotatable bonds is 7. The van der Waals surface area contributed by atoms with E-state index in [0.717, 1.165) is 19.5 Å². The minimum Gasteiger partial charge on any atom is -0.481 e. The number of nitrogens with one attached hydrogen (secondary N) is 2. The van der Waals surface area contributed by atoms with Crippen LogP contribution in [0, 0.1) is 17.8 Å². The molecule has 1 fully saturated rings. The second-order valence-corrected chi connectivity index (χ2v) is 5.19. The smallest absolute Gasteiger partial charge is 0.303 e. The molecule has 1 aliphatic heterocycles. The Labute approximate surface area is 102 Å². The van der Waals surface area contributed by atoms with Crippen LogP contribution >= 0.6 is 0 Å². The summed E-state index contributed by atoms with van der Waals surface area (Å²) < 4.78 is 0. The molecule has 0 unspecified atom stereocenters. The van der Waals surface area contributed by atoms with Gasteiger partial charge in [-0.2, -0.15) is 0 Å². The van der Waals surface area contributed by atoms with Crippen molar-refractivity contribution in [1.82, 2.24) is 10.6 Å². The third-order valence-electron chi connectivity index (χ3n) is 2.99. The van der Waals surface area contributed by atoms with Crippen LogP contribution in [-0.2, 0) is 9.59 Å². The highest BCUT2D eigenvalue weighted by Gasteiger charge is 2.25. The first-order valence-corrected chi connectivity index (χ1v) is 6.19. The Morgan fingerprint density at radius 1 is 1.41 bits per heavy atom. The van der Waals surface area contributed by atoms with E-state index in [1.165, 1.54) is 0 Å². The third kappa shape index (κ3) is 5.17. The van der Waals surface area contributed by atoms with Gasteiger partial charge in [0.05, 0.1) is 5.92 Å². The minimum absolute atomic E-state index is 0.0319. The van der Waals surface area contributed by atoms with Crippen molar-refractivity contribution in [3.05, 3.63) is 0 Å². The van der Waals surface area contributed by atoms with Crippen LogP contribution in [0.4, 0.5) is 0 Å². The predicted molar refractivity (Wildman–Crippen MR) is 64.6 cm³/mol. The molecule has 0 aromatic rings. The summed E-state index contributed by atoms with van der Waals surface area (Å²) in [4.78, 5) is 22.3. The number of carbonyl (C=O) groups is 2. The second-order valence-electron chi connectivity index (χ2n) is 5.19. The van der Waals surface area contributed by atoms with Crippen molar-refractivity contribution in [2.45, 2.75) is 26.7 Å². The zero-order valence-corrected chi connectivity index (χ0v) is 10.5. The summed E-state index contributed by atoms with van der Waals surface area (Å²) in [7, 11) is 0. The van der Waals surface area contributed by atoms with Gasteiger partial charge >= 0.3 is 5.97 Å². The number of carboxylic acids is 1. The van der Waals surface area contributed by atoms with Crippen molar-refractivity contribution in [3.8, 4) is 0 Å². The van der Waals surface area contributed by atoms with Crippen molar-refractivity contribution in [1.29, 1.82) is 0 Å². The number of carbonyl (C=O) groups excluding carboxylic acids is 1. The molecule has 98 valence electrons. The van der Waals surface area contributed by atoms with E-state index in [1.807, 2.05) is 0 Å². The van der Waals surface area contributed by atoms with Gasteiger partial charge in [0.25, 0.3) is 0 Å². The molecule has 0 radical (unpaired) electrons. The van der Waals surface area contributed by atoms with Gasteiger partial charge in [-0.05, 0) is 18.3 Å². The maximum Gasteiger partial charge on any atom is 0.303 e. The average molecular weight is 242 g/mol. The Kier molecular flexibility index (Phi) is 5.41. The highest BCUT2D eigenvalue weighted by atomic mass is 16.4. The number of hydrogen-bond acceptors (Lipinski definition) is 3. The Balaban J connectivity index is 2.31. The lowest BCUT2D eigenvalue weighted by molar-refractivity contribution is -0.138. The Bertz CT molecular complexity index is 275. The zero-order valence-electron chi connectivity index (χ0n) is 10.5. The van der Waals surface area contributed by atoms with Crippen LogP contribution in [0.25, 0.3) is 0 Å². The van der Waals surface area contributed by atoms with Gasteiger partial charge in [-0.1, -0.05) is 13.8 Å². The van der Waals surface area contributed by atoms with Gasteiger partial charge in [-0.25, -0.2) is 0 Å². The van der Waals surface area contributed by atoms with E-state index < -0.39 is 5.97 Å². The fourth-order valence-corrected chi connectivity index (χ4v) is 2.02. The van der Waals surface area contributed by atoms with E-state index in [0.29, 0.717) is 12.5 Å². The van der Waals surface area contributed by atoms with Crippen LogP contribution in [0.2, 0.25) is 0 Å². The van der Waals surface area contributed by atoms with Crippen LogP contribution in [0.15, 0.2) is 0 Å². The van der Waals surface area contributed by atoms with Gasteiger partial charge < -0.3 is 15.7 Å². The first-order chi connectivity index (χ1) is 7.99. The summed E-state index contributed by atoms with van der Waals surface area (Å²) in [5.74, 6) is -0.205. The zero-order chi connectivity index (χ0) is 12.8. The summed E-state index contributed by atoms with van der Waals surface area (Å²) in [6.07, 6.45) is 0.955. The number of carboxylic acid groups (broad SMARTS) is 1. The summed E-state index contributed by atoms with van der Waals surface area (Å²) >= 11 is 0. The predicted octanol–water partition coefficient (Wildman–Crippen LogP) is 0.459. The lowest BCUT2D eigenvalue weighted by atomic mass is 9.93. The maximum absolute atomic E-state index is 11.6. The number of hydrogen-bond donors (Lipinski definition) is 3. The normalized spacial score (nSPS) is 17.6. The van der Waals surface area contributed by atoms with E-state index in [9.17, 15) is 9.59 Å². The van der Waals surface area contributed by atoms with Crippen molar-refractivity contribution in [3.63, 3.8) is 0 Å². The molecule has 0 aromatic carbocycles. The molecule has 17 heavy (non-hydrogen) atoms. The Morgan fingerprint density at radius 3 is 2.47 bits per heavy atom. The minimum atomic E-state index is -0.796. The van der Waals surface area contributed by atoms with Gasteiger partial charge in [0.2, 0.25) is 5.91 Å². The SMILES string of the molecule is CC(C)C[C@H](CNC(=O)C1CNC1)CC(=O)O. The van der Waals surface area contributed by atoms with Gasteiger partial charge in [0.1, 0.15) is 0 Å². The van der Waals surface area contributed by atoms with E-state index in [4.69, 9.17) is 5.11 Å². The molecule has 0 bridgehead atoms. The Hall–Kier alpha value is -1.10. The van der Waals surface area contributed by atoms with Crippen LogP contribution in [0.5, 0.6) is 0 Å². The number of amides is 1. The summed E-state index contributed by atoms with van der Waals surface area (Å²) in [5, 5.41) is 14.7. The van der Waals surface area contributed by atoms with Gasteiger partial charge in [0.15, 0.2) is 0 Å².